The van der Waals surface area contributed by atoms with Gasteiger partial charge < -0.3 is 16.6 Å². The van der Waals surface area contributed by atoms with Gasteiger partial charge in [0.25, 0.3) is 0 Å². The van der Waals surface area contributed by atoms with Crippen molar-refractivity contribution < 1.29 is 9.90 Å². The highest BCUT2D eigenvalue weighted by Crippen LogP contribution is 2.30. The van der Waals surface area contributed by atoms with Gasteiger partial charge in [-0.3, -0.25) is 9.69 Å². The van der Waals surface area contributed by atoms with E-state index in [1.807, 2.05) is 24.3 Å². The van der Waals surface area contributed by atoms with Crippen molar-refractivity contribution in [1.29, 1.82) is 0 Å². The summed E-state index contributed by atoms with van der Waals surface area (Å²) in [6.07, 6.45) is 0.679. The SMILES string of the molecule is NC[C@H](c1ccccc1N)N1CC[C@H](C(=O)O)C1. The zero-order valence-electron chi connectivity index (χ0n) is 10.2. The first-order valence-electron chi connectivity index (χ1n) is 6.14. The van der Waals surface area contributed by atoms with Gasteiger partial charge in [-0.05, 0) is 24.6 Å². The summed E-state index contributed by atoms with van der Waals surface area (Å²) in [5.74, 6) is -1.02. The smallest absolute Gasteiger partial charge is 0.307 e. The number of hydrogen-bond donors (Lipinski definition) is 3. The third-order valence-corrected chi connectivity index (χ3v) is 3.59. The number of carbonyl (C=O) groups is 1. The minimum absolute atomic E-state index is 0.00977. The first-order valence-corrected chi connectivity index (χ1v) is 6.14. The number of nitrogens with zero attached hydrogens (tertiary/aromatic N) is 1. The molecule has 0 bridgehead atoms. The van der Waals surface area contributed by atoms with Gasteiger partial charge >= 0.3 is 5.97 Å². The van der Waals surface area contributed by atoms with E-state index < -0.39 is 5.97 Å². The fraction of sp³-hybridized carbons (Fsp3) is 0.462. The molecule has 5 N–H and O–H groups in total. The van der Waals surface area contributed by atoms with Crippen LogP contribution in [0.25, 0.3) is 0 Å². The Morgan fingerprint density at radius 2 is 2.22 bits per heavy atom. The highest BCUT2D eigenvalue weighted by Gasteiger charge is 2.32. The van der Waals surface area contributed by atoms with Crippen molar-refractivity contribution in [2.75, 3.05) is 25.4 Å². The van der Waals surface area contributed by atoms with E-state index in [4.69, 9.17) is 16.6 Å². The Bertz CT molecular complexity index is 436. The van der Waals surface area contributed by atoms with E-state index in [0.717, 1.165) is 12.1 Å². The maximum absolute atomic E-state index is 11.0. The van der Waals surface area contributed by atoms with E-state index in [1.54, 1.807) is 0 Å². The molecule has 1 fully saturated rings. The number of anilines is 1. The van der Waals surface area contributed by atoms with Gasteiger partial charge in [-0.25, -0.2) is 0 Å². The van der Waals surface area contributed by atoms with Crippen molar-refractivity contribution in [2.45, 2.75) is 12.5 Å². The molecule has 1 aromatic carbocycles. The molecule has 0 unspecified atom stereocenters. The predicted octanol–water partition coefficient (Wildman–Crippen LogP) is 0.675. The molecule has 0 aliphatic carbocycles. The van der Waals surface area contributed by atoms with Crippen molar-refractivity contribution in [3.63, 3.8) is 0 Å². The molecular weight excluding hydrogens is 230 g/mol. The molecule has 0 saturated carbocycles. The second-order valence-corrected chi connectivity index (χ2v) is 4.70. The first-order chi connectivity index (χ1) is 8.63. The van der Waals surface area contributed by atoms with Crippen LogP contribution in [0.5, 0.6) is 0 Å². The number of para-hydroxylation sites is 1. The van der Waals surface area contributed by atoms with Crippen molar-refractivity contribution in [2.24, 2.45) is 11.7 Å². The second kappa shape index (κ2) is 5.37. The second-order valence-electron chi connectivity index (χ2n) is 4.70. The van der Waals surface area contributed by atoms with Crippen LogP contribution in [0.3, 0.4) is 0 Å². The molecule has 1 aromatic rings. The number of benzene rings is 1. The number of rotatable bonds is 4. The molecule has 5 heteroatoms. The van der Waals surface area contributed by atoms with Crippen LogP contribution < -0.4 is 11.5 Å². The van der Waals surface area contributed by atoms with Gasteiger partial charge in [0.15, 0.2) is 0 Å². The monoisotopic (exact) mass is 249 g/mol. The Kier molecular flexibility index (Phi) is 3.84. The summed E-state index contributed by atoms with van der Waals surface area (Å²) in [6, 6.07) is 7.63. The van der Waals surface area contributed by atoms with Crippen LogP contribution >= 0.6 is 0 Å². The van der Waals surface area contributed by atoms with Gasteiger partial charge in [0.2, 0.25) is 0 Å². The van der Waals surface area contributed by atoms with Crippen molar-refractivity contribution in [3.8, 4) is 0 Å². The highest BCUT2D eigenvalue weighted by molar-refractivity contribution is 5.70. The molecule has 0 spiro atoms. The van der Waals surface area contributed by atoms with Gasteiger partial charge in [-0.2, -0.15) is 0 Å². The zero-order valence-corrected chi connectivity index (χ0v) is 10.2. The van der Waals surface area contributed by atoms with E-state index in [9.17, 15) is 4.79 Å². The number of aliphatic carboxylic acids is 1. The summed E-state index contributed by atoms with van der Waals surface area (Å²) < 4.78 is 0. The molecule has 18 heavy (non-hydrogen) atoms. The van der Waals surface area contributed by atoms with Crippen molar-refractivity contribution in [1.82, 2.24) is 4.90 Å². The van der Waals surface area contributed by atoms with Crippen LogP contribution in [0.15, 0.2) is 24.3 Å². The maximum atomic E-state index is 11.0. The molecule has 1 aliphatic rings. The van der Waals surface area contributed by atoms with Crippen molar-refractivity contribution >= 4 is 11.7 Å². The normalized spacial score (nSPS) is 21.9. The van der Waals surface area contributed by atoms with E-state index in [2.05, 4.69) is 4.90 Å². The molecule has 1 saturated heterocycles. The third kappa shape index (κ3) is 2.47. The zero-order chi connectivity index (χ0) is 13.1. The highest BCUT2D eigenvalue weighted by atomic mass is 16.4. The lowest BCUT2D eigenvalue weighted by Gasteiger charge is -2.27. The summed E-state index contributed by atoms with van der Waals surface area (Å²) in [5, 5.41) is 9.03. The van der Waals surface area contributed by atoms with Crippen LogP contribution in [0.4, 0.5) is 5.69 Å². The molecule has 0 aromatic heterocycles. The molecule has 0 amide bonds. The molecule has 0 radical (unpaired) electrons. The average molecular weight is 249 g/mol. The summed E-state index contributed by atoms with van der Waals surface area (Å²) >= 11 is 0. The number of nitrogens with two attached hydrogens (primary N) is 2. The number of nitrogen functional groups attached to an aromatic ring is 1. The van der Waals surface area contributed by atoms with Gasteiger partial charge in [0.1, 0.15) is 0 Å². The molecular formula is C13H19N3O2. The Morgan fingerprint density at radius 1 is 1.50 bits per heavy atom. The van der Waals surface area contributed by atoms with Crippen LogP contribution in [0.2, 0.25) is 0 Å². The Morgan fingerprint density at radius 3 is 2.78 bits per heavy atom. The van der Waals surface area contributed by atoms with Gasteiger partial charge in [-0.15, -0.1) is 0 Å². The van der Waals surface area contributed by atoms with Gasteiger partial charge in [0.05, 0.1) is 5.92 Å². The average Bonchev–Trinajstić information content (AvgIpc) is 2.82. The van der Waals surface area contributed by atoms with Crippen LogP contribution in [0, 0.1) is 5.92 Å². The lowest BCUT2D eigenvalue weighted by Crippen LogP contribution is -2.33. The Hall–Kier alpha value is -1.59. The third-order valence-electron chi connectivity index (χ3n) is 3.59. The minimum Gasteiger partial charge on any atom is -0.481 e. The maximum Gasteiger partial charge on any atom is 0.307 e. The van der Waals surface area contributed by atoms with Crippen LogP contribution in [-0.4, -0.2) is 35.6 Å². The van der Waals surface area contributed by atoms with Crippen molar-refractivity contribution in [3.05, 3.63) is 29.8 Å². The van der Waals surface area contributed by atoms with Gasteiger partial charge in [-0.1, -0.05) is 18.2 Å². The number of carboxylic acid groups (broad SMARTS) is 1. The Labute approximate surface area is 106 Å². The van der Waals surface area contributed by atoms with E-state index in [0.29, 0.717) is 25.2 Å². The lowest BCUT2D eigenvalue weighted by atomic mass is 10.0. The minimum atomic E-state index is -0.727. The number of hydrogen-bond acceptors (Lipinski definition) is 4. The summed E-state index contributed by atoms with van der Waals surface area (Å²) in [7, 11) is 0. The van der Waals surface area contributed by atoms with E-state index >= 15 is 0 Å². The quantitative estimate of drug-likeness (QED) is 0.682. The molecule has 1 heterocycles. The van der Waals surface area contributed by atoms with E-state index in [1.165, 1.54) is 0 Å². The molecule has 5 nitrogen and oxygen atoms in total. The molecule has 2 atom stereocenters. The van der Waals surface area contributed by atoms with Gasteiger partial charge in [0, 0.05) is 24.8 Å². The van der Waals surface area contributed by atoms with E-state index in [-0.39, 0.29) is 12.0 Å². The first kappa shape index (κ1) is 12.9. The predicted molar refractivity (Wildman–Crippen MR) is 70.0 cm³/mol. The Balaban J connectivity index is 2.16. The lowest BCUT2D eigenvalue weighted by molar-refractivity contribution is -0.141. The molecule has 1 aliphatic heterocycles. The molecule has 98 valence electrons. The van der Waals surface area contributed by atoms with Crippen LogP contribution in [0.1, 0.15) is 18.0 Å². The van der Waals surface area contributed by atoms with Crippen LogP contribution in [-0.2, 0) is 4.79 Å². The number of carboxylic acids is 1. The fourth-order valence-electron chi connectivity index (χ4n) is 2.56. The number of likely N-dealkylation sites (tertiary alicyclic amines) is 1. The largest absolute Gasteiger partial charge is 0.481 e. The summed E-state index contributed by atoms with van der Waals surface area (Å²) in [6.45, 7) is 1.75. The summed E-state index contributed by atoms with van der Waals surface area (Å²) in [5.41, 5.74) is 13.5. The summed E-state index contributed by atoms with van der Waals surface area (Å²) in [4.78, 5) is 13.1. The standard InChI is InChI=1S/C13H19N3O2/c14-7-12(10-3-1-2-4-11(10)15)16-6-5-9(8-16)13(17)18/h1-4,9,12H,5-8,14-15H2,(H,17,18)/t9-,12+/m0/s1. The fourth-order valence-corrected chi connectivity index (χ4v) is 2.56. The topological polar surface area (TPSA) is 92.6 Å². The molecule has 2 rings (SSSR count).